The summed E-state index contributed by atoms with van der Waals surface area (Å²) < 4.78 is 18.3. The molecule has 0 N–H and O–H groups in total. The van der Waals surface area contributed by atoms with Crippen molar-refractivity contribution in [1.82, 2.24) is 4.98 Å². The highest BCUT2D eigenvalue weighted by Gasteiger charge is 2.06. The minimum atomic E-state index is -0.264. The van der Waals surface area contributed by atoms with Gasteiger partial charge in [0, 0.05) is 5.56 Å². The lowest BCUT2D eigenvalue weighted by atomic mass is 10.2. The molecule has 2 aromatic carbocycles. The second-order valence-electron chi connectivity index (χ2n) is 3.49. The number of halogens is 1. The second kappa shape index (κ2) is 4.37. The molecule has 0 fully saturated rings. The molecular formula is C14H12FNO. The Hall–Kier alpha value is -2.16. The number of fused-ring (bicyclic) bond motifs is 1. The molecule has 17 heavy (non-hydrogen) atoms. The molecule has 0 saturated heterocycles. The fraction of sp³-hybridized carbons (Fsp3) is 0.0714. The van der Waals surface area contributed by atoms with Crippen molar-refractivity contribution in [2.45, 2.75) is 7.43 Å². The first kappa shape index (κ1) is 11.3. The van der Waals surface area contributed by atoms with Gasteiger partial charge in [-0.3, -0.25) is 0 Å². The van der Waals surface area contributed by atoms with Gasteiger partial charge in [-0.1, -0.05) is 19.6 Å². The first-order valence-electron chi connectivity index (χ1n) is 4.94. The SMILES string of the molecule is C.Fc1ccc(-c2nc3ccccc3o2)cc1. The van der Waals surface area contributed by atoms with E-state index >= 15 is 0 Å². The lowest BCUT2D eigenvalue weighted by Crippen LogP contribution is -1.77. The monoisotopic (exact) mass is 229 g/mol. The Morgan fingerprint density at radius 2 is 1.65 bits per heavy atom. The van der Waals surface area contributed by atoms with Crippen molar-refractivity contribution < 1.29 is 8.81 Å². The van der Waals surface area contributed by atoms with Crippen LogP contribution in [0.1, 0.15) is 7.43 Å². The van der Waals surface area contributed by atoms with Gasteiger partial charge < -0.3 is 4.42 Å². The number of oxazole rings is 1. The molecule has 0 saturated carbocycles. The summed E-state index contributed by atoms with van der Waals surface area (Å²) in [6, 6.07) is 13.6. The molecule has 0 amide bonds. The number of hydrogen-bond donors (Lipinski definition) is 0. The zero-order valence-corrected chi connectivity index (χ0v) is 8.35. The molecule has 0 aliphatic heterocycles. The molecule has 0 atom stereocenters. The molecule has 2 nitrogen and oxygen atoms in total. The Labute approximate surface area is 98.7 Å². The molecule has 86 valence electrons. The molecule has 0 unspecified atom stereocenters. The molecule has 0 aliphatic rings. The summed E-state index contributed by atoms with van der Waals surface area (Å²) in [4.78, 5) is 4.32. The summed E-state index contributed by atoms with van der Waals surface area (Å²) in [5, 5.41) is 0. The van der Waals surface area contributed by atoms with Crippen LogP contribution in [0.3, 0.4) is 0 Å². The minimum absolute atomic E-state index is 0. The van der Waals surface area contributed by atoms with E-state index < -0.39 is 0 Å². The first-order valence-corrected chi connectivity index (χ1v) is 4.94. The van der Waals surface area contributed by atoms with Gasteiger partial charge in [0.1, 0.15) is 11.3 Å². The van der Waals surface area contributed by atoms with Gasteiger partial charge in [0.2, 0.25) is 5.89 Å². The summed E-state index contributed by atoms with van der Waals surface area (Å²) in [5.41, 5.74) is 2.32. The van der Waals surface area contributed by atoms with Crippen molar-refractivity contribution in [3.05, 3.63) is 54.3 Å². The van der Waals surface area contributed by atoms with Crippen molar-refractivity contribution >= 4 is 11.1 Å². The minimum Gasteiger partial charge on any atom is -0.436 e. The Morgan fingerprint density at radius 3 is 2.35 bits per heavy atom. The summed E-state index contributed by atoms with van der Waals surface area (Å²) in [6.45, 7) is 0. The number of hydrogen-bond acceptors (Lipinski definition) is 2. The molecule has 3 rings (SSSR count). The maximum absolute atomic E-state index is 12.8. The van der Waals surface area contributed by atoms with Gasteiger partial charge in [-0.2, -0.15) is 0 Å². The van der Waals surface area contributed by atoms with E-state index in [1.54, 1.807) is 12.1 Å². The standard InChI is InChI=1S/C13H8FNO.CH4/c14-10-7-5-9(6-8-10)13-15-11-3-1-2-4-12(11)16-13;/h1-8H;1H4. The summed E-state index contributed by atoms with van der Waals surface area (Å²) in [7, 11) is 0. The zero-order chi connectivity index (χ0) is 11.0. The zero-order valence-electron chi connectivity index (χ0n) is 8.35. The van der Waals surface area contributed by atoms with Crippen LogP contribution in [0.5, 0.6) is 0 Å². The Kier molecular flexibility index (Phi) is 2.91. The predicted molar refractivity (Wildman–Crippen MR) is 66.1 cm³/mol. The largest absolute Gasteiger partial charge is 0.436 e. The molecule has 0 bridgehead atoms. The number of rotatable bonds is 1. The van der Waals surface area contributed by atoms with E-state index in [0.717, 1.165) is 16.7 Å². The van der Waals surface area contributed by atoms with E-state index in [1.807, 2.05) is 24.3 Å². The molecule has 3 heteroatoms. The number of benzene rings is 2. The molecule has 1 heterocycles. The van der Waals surface area contributed by atoms with E-state index in [2.05, 4.69) is 4.98 Å². The third-order valence-electron chi connectivity index (χ3n) is 2.39. The van der Waals surface area contributed by atoms with Crippen LogP contribution in [0.4, 0.5) is 4.39 Å². The Balaban J connectivity index is 0.00000108. The topological polar surface area (TPSA) is 26.0 Å². The summed E-state index contributed by atoms with van der Waals surface area (Å²) in [5.74, 6) is 0.251. The van der Waals surface area contributed by atoms with Crippen molar-refractivity contribution in [2.75, 3.05) is 0 Å². The Bertz CT molecular complexity index is 595. The maximum Gasteiger partial charge on any atom is 0.227 e. The van der Waals surface area contributed by atoms with E-state index in [9.17, 15) is 4.39 Å². The molecule has 1 aromatic heterocycles. The number of para-hydroxylation sites is 2. The highest BCUT2D eigenvalue weighted by Crippen LogP contribution is 2.23. The van der Waals surface area contributed by atoms with Crippen LogP contribution in [0, 0.1) is 5.82 Å². The smallest absolute Gasteiger partial charge is 0.227 e. The lowest BCUT2D eigenvalue weighted by molar-refractivity contribution is 0.616. The van der Waals surface area contributed by atoms with Crippen LogP contribution in [-0.4, -0.2) is 4.98 Å². The molecule has 0 radical (unpaired) electrons. The van der Waals surface area contributed by atoms with Crippen molar-refractivity contribution in [1.29, 1.82) is 0 Å². The second-order valence-corrected chi connectivity index (χ2v) is 3.49. The van der Waals surface area contributed by atoms with Crippen LogP contribution in [0.25, 0.3) is 22.6 Å². The lowest BCUT2D eigenvalue weighted by Gasteiger charge is -1.93. The van der Waals surface area contributed by atoms with Gasteiger partial charge in [0.25, 0.3) is 0 Å². The number of nitrogens with zero attached hydrogens (tertiary/aromatic N) is 1. The maximum atomic E-state index is 12.8. The molecule has 0 spiro atoms. The van der Waals surface area contributed by atoms with Crippen molar-refractivity contribution in [3.63, 3.8) is 0 Å². The van der Waals surface area contributed by atoms with Gasteiger partial charge in [0.15, 0.2) is 5.58 Å². The highest BCUT2D eigenvalue weighted by atomic mass is 19.1. The molecule has 0 aliphatic carbocycles. The van der Waals surface area contributed by atoms with Crippen molar-refractivity contribution in [3.8, 4) is 11.5 Å². The fourth-order valence-corrected chi connectivity index (χ4v) is 1.59. The predicted octanol–water partition coefficient (Wildman–Crippen LogP) is 4.27. The van der Waals surface area contributed by atoms with Crippen LogP contribution in [0.2, 0.25) is 0 Å². The normalized spacial score (nSPS) is 10.2. The van der Waals surface area contributed by atoms with Crippen LogP contribution in [-0.2, 0) is 0 Å². The van der Waals surface area contributed by atoms with Crippen LogP contribution >= 0.6 is 0 Å². The summed E-state index contributed by atoms with van der Waals surface area (Å²) in [6.07, 6.45) is 0. The Morgan fingerprint density at radius 1 is 0.941 bits per heavy atom. The average molecular weight is 229 g/mol. The fourth-order valence-electron chi connectivity index (χ4n) is 1.59. The third-order valence-corrected chi connectivity index (χ3v) is 2.39. The van der Waals surface area contributed by atoms with Gasteiger partial charge in [0.05, 0.1) is 0 Å². The van der Waals surface area contributed by atoms with E-state index in [0.29, 0.717) is 5.89 Å². The van der Waals surface area contributed by atoms with Gasteiger partial charge in [-0.05, 0) is 36.4 Å². The average Bonchev–Trinajstić information content (AvgIpc) is 2.73. The quantitative estimate of drug-likeness (QED) is 0.622. The van der Waals surface area contributed by atoms with Gasteiger partial charge in [-0.15, -0.1) is 0 Å². The van der Waals surface area contributed by atoms with E-state index in [1.165, 1.54) is 12.1 Å². The van der Waals surface area contributed by atoms with Crippen LogP contribution < -0.4 is 0 Å². The van der Waals surface area contributed by atoms with E-state index in [-0.39, 0.29) is 13.2 Å². The first-order chi connectivity index (χ1) is 7.83. The van der Waals surface area contributed by atoms with Gasteiger partial charge >= 0.3 is 0 Å². The van der Waals surface area contributed by atoms with E-state index in [4.69, 9.17) is 4.42 Å². The number of aromatic nitrogens is 1. The molecule has 3 aromatic rings. The summed E-state index contributed by atoms with van der Waals surface area (Å²) >= 11 is 0. The van der Waals surface area contributed by atoms with Crippen LogP contribution in [0.15, 0.2) is 52.9 Å². The molecular weight excluding hydrogens is 217 g/mol. The van der Waals surface area contributed by atoms with Gasteiger partial charge in [-0.25, -0.2) is 9.37 Å². The highest BCUT2D eigenvalue weighted by molar-refractivity contribution is 5.75. The third kappa shape index (κ3) is 2.04. The van der Waals surface area contributed by atoms with Crippen molar-refractivity contribution in [2.24, 2.45) is 0 Å².